The molecule has 0 atom stereocenters. The predicted octanol–water partition coefficient (Wildman–Crippen LogP) is 0.690. The van der Waals surface area contributed by atoms with Gasteiger partial charge in [0.15, 0.2) is 0 Å². The molecule has 14 heavy (non-hydrogen) atoms. The molecule has 3 heteroatoms. The maximum absolute atomic E-state index is 5.66. The van der Waals surface area contributed by atoms with Gasteiger partial charge in [-0.25, -0.2) is 0 Å². The molecular weight excluding hydrogens is 174 g/mol. The first kappa shape index (κ1) is 12.0. The Bertz CT molecular complexity index is 130. The molecule has 0 aromatic heterocycles. The summed E-state index contributed by atoms with van der Waals surface area (Å²) >= 11 is 0. The van der Waals surface area contributed by atoms with Crippen LogP contribution in [0.4, 0.5) is 0 Å². The smallest absolute Gasteiger partial charge is 0.00205 e. The van der Waals surface area contributed by atoms with Gasteiger partial charge >= 0.3 is 0 Å². The molecule has 1 rings (SSSR count). The number of nitrogens with two attached hydrogens (primary N) is 2. The highest BCUT2D eigenvalue weighted by atomic mass is 14.9. The standard InChI is InChI=1S/C11H25N3/c12-6-1-7-14-9-11-4-2-10(8-13)3-5-11/h10-11,14H,1-9,12-13H2. The van der Waals surface area contributed by atoms with E-state index < -0.39 is 0 Å². The quantitative estimate of drug-likeness (QED) is 0.552. The van der Waals surface area contributed by atoms with E-state index in [2.05, 4.69) is 5.32 Å². The van der Waals surface area contributed by atoms with Gasteiger partial charge in [0, 0.05) is 0 Å². The summed E-state index contributed by atoms with van der Waals surface area (Å²) in [6.45, 7) is 3.94. The summed E-state index contributed by atoms with van der Waals surface area (Å²) in [6.07, 6.45) is 6.48. The van der Waals surface area contributed by atoms with Gasteiger partial charge in [0.25, 0.3) is 0 Å². The maximum atomic E-state index is 5.66. The monoisotopic (exact) mass is 199 g/mol. The first-order chi connectivity index (χ1) is 6.86. The Kier molecular flexibility index (Phi) is 6.15. The summed E-state index contributed by atoms with van der Waals surface area (Å²) in [6, 6.07) is 0. The van der Waals surface area contributed by atoms with Crippen molar-refractivity contribution in [2.45, 2.75) is 32.1 Å². The lowest BCUT2D eigenvalue weighted by molar-refractivity contribution is 0.272. The van der Waals surface area contributed by atoms with E-state index >= 15 is 0 Å². The number of hydrogen-bond donors (Lipinski definition) is 3. The van der Waals surface area contributed by atoms with Crippen molar-refractivity contribution in [1.82, 2.24) is 5.32 Å². The highest BCUT2D eigenvalue weighted by Crippen LogP contribution is 2.27. The molecule has 1 fully saturated rings. The molecule has 3 nitrogen and oxygen atoms in total. The van der Waals surface area contributed by atoms with Gasteiger partial charge in [-0.1, -0.05) is 0 Å². The van der Waals surface area contributed by atoms with Crippen LogP contribution in [0.1, 0.15) is 32.1 Å². The highest BCUT2D eigenvalue weighted by Gasteiger charge is 2.19. The lowest BCUT2D eigenvalue weighted by atomic mass is 9.82. The fourth-order valence-electron chi connectivity index (χ4n) is 2.20. The highest BCUT2D eigenvalue weighted by molar-refractivity contribution is 4.74. The molecule has 0 aromatic rings. The average Bonchev–Trinajstić information content (AvgIpc) is 2.25. The van der Waals surface area contributed by atoms with Crippen molar-refractivity contribution in [3.05, 3.63) is 0 Å². The molecule has 5 N–H and O–H groups in total. The Morgan fingerprint density at radius 3 is 2.21 bits per heavy atom. The first-order valence-electron chi connectivity index (χ1n) is 5.97. The van der Waals surface area contributed by atoms with Gasteiger partial charge in [-0.15, -0.1) is 0 Å². The largest absolute Gasteiger partial charge is 0.330 e. The van der Waals surface area contributed by atoms with Crippen LogP contribution in [0, 0.1) is 11.8 Å². The third kappa shape index (κ3) is 4.40. The number of hydrogen-bond acceptors (Lipinski definition) is 3. The lowest BCUT2D eigenvalue weighted by Crippen LogP contribution is -2.29. The van der Waals surface area contributed by atoms with Crippen LogP contribution in [-0.4, -0.2) is 26.2 Å². The second kappa shape index (κ2) is 7.21. The van der Waals surface area contributed by atoms with Gasteiger partial charge in [-0.2, -0.15) is 0 Å². The van der Waals surface area contributed by atoms with Crippen molar-refractivity contribution in [1.29, 1.82) is 0 Å². The average molecular weight is 199 g/mol. The number of nitrogens with one attached hydrogen (secondary N) is 1. The van der Waals surface area contributed by atoms with Crippen LogP contribution >= 0.6 is 0 Å². The van der Waals surface area contributed by atoms with Crippen molar-refractivity contribution in [2.75, 3.05) is 26.2 Å². The molecule has 84 valence electrons. The zero-order valence-electron chi connectivity index (χ0n) is 9.17. The van der Waals surface area contributed by atoms with Crippen LogP contribution in [0.3, 0.4) is 0 Å². The molecule has 0 unspecified atom stereocenters. The van der Waals surface area contributed by atoms with E-state index in [0.29, 0.717) is 0 Å². The fourth-order valence-corrected chi connectivity index (χ4v) is 2.20. The van der Waals surface area contributed by atoms with Gasteiger partial charge in [0.05, 0.1) is 0 Å². The van der Waals surface area contributed by atoms with E-state index in [0.717, 1.165) is 37.9 Å². The van der Waals surface area contributed by atoms with Gasteiger partial charge in [0.2, 0.25) is 0 Å². The normalized spacial score (nSPS) is 27.9. The minimum atomic E-state index is 0.799. The molecule has 0 radical (unpaired) electrons. The SMILES string of the molecule is NCCCNCC1CCC(CN)CC1. The Morgan fingerprint density at radius 1 is 1.00 bits per heavy atom. The van der Waals surface area contributed by atoms with Crippen LogP contribution < -0.4 is 16.8 Å². The molecule has 1 saturated carbocycles. The molecule has 0 bridgehead atoms. The van der Waals surface area contributed by atoms with E-state index in [1.807, 2.05) is 0 Å². The zero-order chi connectivity index (χ0) is 10.2. The van der Waals surface area contributed by atoms with Crippen molar-refractivity contribution in [3.63, 3.8) is 0 Å². The molecule has 0 spiro atoms. The number of rotatable bonds is 6. The molecule has 0 saturated heterocycles. The van der Waals surface area contributed by atoms with Crippen molar-refractivity contribution in [2.24, 2.45) is 23.3 Å². The molecular formula is C11H25N3. The van der Waals surface area contributed by atoms with Crippen LogP contribution in [0.2, 0.25) is 0 Å². The summed E-state index contributed by atoms with van der Waals surface area (Å²) in [7, 11) is 0. The van der Waals surface area contributed by atoms with Crippen molar-refractivity contribution in [3.8, 4) is 0 Å². The van der Waals surface area contributed by atoms with Crippen LogP contribution in [0.25, 0.3) is 0 Å². The third-order valence-electron chi connectivity index (χ3n) is 3.29. The first-order valence-corrected chi connectivity index (χ1v) is 5.97. The van der Waals surface area contributed by atoms with E-state index in [9.17, 15) is 0 Å². The van der Waals surface area contributed by atoms with E-state index in [-0.39, 0.29) is 0 Å². The van der Waals surface area contributed by atoms with Crippen LogP contribution in [-0.2, 0) is 0 Å². The van der Waals surface area contributed by atoms with Gasteiger partial charge in [-0.05, 0) is 70.1 Å². The lowest BCUT2D eigenvalue weighted by Gasteiger charge is -2.27. The summed E-state index contributed by atoms with van der Waals surface area (Å²) in [5, 5.41) is 3.48. The Hall–Kier alpha value is -0.120. The molecule has 1 aliphatic rings. The molecule has 0 heterocycles. The second-order valence-electron chi connectivity index (χ2n) is 4.47. The third-order valence-corrected chi connectivity index (χ3v) is 3.29. The second-order valence-corrected chi connectivity index (χ2v) is 4.47. The fraction of sp³-hybridized carbons (Fsp3) is 1.00. The van der Waals surface area contributed by atoms with Crippen molar-refractivity contribution < 1.29 is 0 Å². The predicted molar refractivity (Wildman–Crippen MR) is 61.0 cm³/mol. The topological polar surface area (TPSA) is 64.1 Å². The Morgan fingerprint density at radius 2 is 1.64 bits per heavy atom. The van der Waals surface area contributed by atoms with E-state index in [1.165, 1.54) is 32.2 Å². The Balaban J connectivity index is 1.98. The summed E-state index contributed by atoms with van der Waals surface area (Å²) < 4.78 is 0. The van der Waals surface area contributed by atoms with Crippen LogP contribution in [0.15, 0.2) is 0 Å². The zero-order valence-corrected chi connectivity index (χ0v) is 9.17. The minimum Gasteiger partial charge on any atom is -0.330 e. The Labute approximate surface area is 87.6 Å². The molecule has 0 aliphatic heterocycles. The van der Waals surface area contributed by atoms with Gasteiger partial charge < -0.3 is 16.8 Å². The summed E-state index contributed by atoms with van der Waals surface area (Å²) in [5.74, 6) is 1.69. The van der Waals surface area contributed by atoms with Gasteiger partial charge in [0.1, 0.15) is 0 Å². The van der Waals surface area contributed by atoms with E-state index in [1.54, 1.807) is 0 Å². The molecule has 1 aliphatic carbocycles. The van der Waals surface area contributed by atoms with Gasteiger partial charge in [-0.3, -0.25) is 0 Å². The van der Waals surface area contributed by atoms with Crippen molar-refractivity contribution >= 4 is 0 Å². The molecule has 0 amide bonds. The summed E-state index contributed by atoms with van der Waals surface area (Å²) in [4.78, 5) is 0. The van der Waals surface area contributed by atoms with E-state index in [4.69, 9.17) is 11.5 Å². The molecule has 0 aromatic carbocycles. The maximum Gasteiger partial charge on any atom is -0.00205 e. The van der Waals surface area contributed by atoms with Crippen LogP contribution in [0.5, 0.6) is 0 Å². The summed E-state index contributed by atoms with van der Waals surface area (Å²) in [5.41, 5.74) is 11.1. The minimum absolute atomic E-state index is 0.799.